The minimum Gasteiger partial charge on any atom is -0.447 e. The summed E-state index contributed by atoms with van der Waals surface area (Å²) >= 11 is 0. The van der Waals surface area contributed by atoms with Crippen LogP contribution >= 0.6 is 0 Å². The molecular weight excluding hydrogens is 295 g/mol. The molecular formula is C14H17FN2O3S. The normalized spacial score (nSPS) is 12.0. The van der Waals surface area contributed by atoms with E-state index < -0.39 is 10.0 Å². The number of hydrogen-bond donors (Lipinski definition) is 1. The molecule has 114 valence electrons. The van der Waals surface area contributed by atoms with Gasteiger partial charge in [0.2, 0.25) is 5.09 Å². The average Bonchev–Trinajstić information content (AvgIpc) is 2.91. The molecule has 0 radical (unpaired) electrons. The van der Waals surface area contributed by atoms with Gasteiger partial charge < -0.3 is 9.73 Å². The van der Waals surface area contributed by atoms with Crippen molar-refractivity contribution >= 4 is 10.0 Å². The number of furan rings is 1. The van der Waals surface area contributed by atoms with Gasteiger partial charge in [0, 0.05) is 13.6 Å². The minimum atomic E-state index is -3.70. The molecule has 0 bridgehead atoms. The molecule has 0 saturated heterocycles. The lowest BCUT2D eigenvalue weighted by atomic mass is 10.2. The maximum Gasteiger partial charge on any atom is 0.276 e. The van der Waals surface area contributed by atoms with E-state index in [0.29, 0.717) is 17.9 Å². The third-order valence-corrected chi connectivity index (χ3v) is 4.65. The maximum absolute atomic E-state index is 12.8. The highest BCUT2D eigenvalue weighted by molar-refractivity contribution is 7.88. The van der Waals surface area contributed by atoms with E-state index in [4.69, 9.17) is 4.42 Å². The first-order valence-electron chi connectivity index (χ1n) is 6.37. The van der Waals surface area contributed by atoms with Crippen LogP contribution in [0.3, 0.4) is 0 Å². The minimum absolute atomic E-state index is 0.0997. The first-order chi connectivity index (χ1) is 9.93. The van der Waals surface area contributed by atoms with E-state index in [1.807, 2.05) is 0 Å². The second kappa shape index (κ2) is 6.38. The molecule has 0 saturated carbocycles. The molecule has 21 heavy (non-hydrogen) atoms. The van der Waals surface area contributed by atoms with Crippen LogP contribution in [0.25, 0.3) is 0 Å². The highest BCUT2D eigenvalue weighted by Gasteiger charge is 2.24. The van der Waals surface area contributed by atoms with Crippen LogP contribution in [0.5, 0.6) is 0 Å². The molecule has 1 aromatic carbocycles. The first-order valence-corrected chi connectivity index (χ1v) is 7.81. The van der Waals surface area contributed by atoms with Crippen molar-refractivity contribution in [1.82, 2.24) is 9.62 Å². The Morgan fingerprint density at radius 3 is 2.48 bits per heavy atom. The van der Waals surface area contributed by atoms with Crippen molar-refractivity contribution in [1.29, 1.82) is 0 Å². The van der Waals surface area contributed by atoms with Gasteiger partial charge in [0.25, 0.3) is 10.0 Å². The van der Waals surface area contributed by atoms with E-state index in [2.05, 4.69) is 5.32 Å². The van der Waals surface area contributed by atoms with Gasteiger partial charge in [-0.25, -0.2) is 12.8 Å². The molecule has 0 spiro atoms. The number of halogens is 1. The lowest BCUT2D eigenvalue weighted by Crippen LogP contribution is -2.26. The summed E-state index contributed by atoms with van der Waals surface area (Å²) < 4.78 is 44.0. The van der Waals surface area contributed by atoms with Crippen molar-refractivity contribution in [2.45, 2.75) is 18.2 Å². The lowest BCUT2D eigenvalue weighted by Gasteiger charge is -2.15. The third-order valence-electron chi connectivity index (χ3n) is 2.97. The molecule has 1 aromatic heterocycles. The Labute approximate surface area is 123 Å². The summed E-state index contributed by atoms with van der Waals surface area (Å²) in [7, 11) is -0.495. The van der Waals surface area contributed by atoms with Gasteiger partial charge in [-0.1, -0.05) is 12.1 Å². The molecule has 1 N–H and O–H groups in total. The molecule has 0 aliphatic carbocycles. The van der Waals surface area contributed by atoms with Gasteiger partial charge in [-0.05, 0) is 36.9 Å². The fourth-order valence-corrected chi connectivity index (χ4v) is 2.93. The summed E-state index contributed by atoms with van der Waals surface area (Å²) in [6.45, 7) is 0.599. The lowest BCUT2D eigenvalue weighted by molar-refractivity contribution is 0.382. The number of sulfonamides is 1. The SMILES string of the molecule is CNCc1ccc(S(=O)(=O)N(C)Cc2ccc(F)cc2)o1. The van der Waals surface area contributed by atoms with E-state index in [-0.39, 0.29) is 17.5 Å². The maximum atomic E-state index is 12.8. The van der Waals surface area contributed by atoms with Gasteiger partial charge in [0.1, 0.15) is 11.6 Å². The van der Waals surface area contributed by atoms with Crippen LogP contribution < -0.4 is 5.32 Å². The standard InChI is InChI=1S/C14H17FN2O3S/c1-16-9-13-7-8-14(20-13)21(18,19)17(2)10-11-3-5-12(15)6-4-11/h3-8,16H,9-10H2,1-2H3. The van der Waals surface area contributed by atoms with Crippen molar-refractivity contribution in [3.8, 4) is 0 Å². The van der Waals surface area contributed by atoms with Gasteiger partial charge in [0.05, 0.1) is 6.54 Å². The second-order valence-corrected chi connectivity index (χ2v) is 6.61. The highest BCUT2D eigenvalue weighted by atomic mass is 32.2. The zero-order valence-corrected chi connectivity index (χ0v) is 12.7. The van der Waals surface area contributed by atoms with E-state index in [1.54, 1.807) is 25.2 Å². The Kier molecular flexibility index (Phi) is 4.76. The Morgan fingerprint density at radius 2 is 1.86 bits per heavy atom. The molecule has 2 rings (SSSR count). The molecule has 0 aliphatic heterocycles. The van der Waals surface area contributed by atoms with Crippen LogP contribution in [0.15, 0.2) is 45.9 Å². The molecule has 0 amide bonds. The number of nitrogens with one attached hydrogen (secondary N) is 1. The smallest absolute Gasteiger partial charge is 0.276 e. The van der Waals surface area contributed by atoms with Crippen LogP contribution in [0, 0.1) is 5.82 Å². The van der Waals surface area contributed by atoms with Gasteiger partial charge in [0.15, 0.2) is 0 Å². The summed E-state index contributed by atoms with van der Waals surface area (Å²) in [5.41, 5.74) is 0.699. The zero-order valence-electron chi connectivity index (χ0n) is 11.8. The highest BCUT2D eigenvalue weighted by Crippen LogP contribution is 2.19. The van der Waals surface area contributed by atoms with Gasteiger partial charge in [-0.2, -0.15) is 4.31 Å². The van der Waals surface area contributed by atoms with Crippen molar-refractivity contribution in [2.24, 2.45) is 0 Å². The van der Waals surface area contributed by atoms with Crippen molar-refractivity contribution in [3.63, 3.8) is 0 Å². The summed E-state index contributed by atoms with van der Waals surface area (Å²) in [6, 6.07) is 8.76. The molecule has 1 heterocycles. The number of benzene rings is 1. The molecule has 0 aliphatic rings. The van der Waals surface area contributed by atoms with E-state index in [0.717, 1.165) is 0 Å². The molecule has 5 nitrogen and oxygen atoms in total. The monoisotopic (exact) mass is 312 g/mol. The van der Waals surface area contributed by atoms with Crippen LogP contribution in [-0.2, 0) is 23.1 Å². The fourth-order valence-electron chi connectivity index (χ4n) is 1.85. The van der Waals surface area contributed by atoms with Gasteiger partial charge in [-0.15, -0.1) is 0 Å². The summed E-state index contributed by atoms with van der Waals surface area (Å²) in [5, 5.41) is 2.79. The Bertz CT molecular complexity index is 695. The topological polar surface area (TPSA) is 62.6 Å². The predicted octanol–water partition coefficient (Wildman–Crippen LogP) is 1.96. The third kappa shape index (κ3) is 3.69. The molecule has 7 heteroatoms. The zero-order chi connectivity index (χ0) is 15.5. The quantitative estimate of drug-likeness (QED) is 0.886. The van der Waals surface area contributed by atoms with Crippen LogP contribution in [-0.4, -0.2) is 26.8 Å². The Hall–Kier alpha value is -1.70. The molecule has 2 aromatic rings. The molecule has 0 fully saturated rings. The Balaban J connectivity index is 2.15. The van der Waals surface area contributed by atoms with Gasteiger partial charge >= 0.3 is 0 Å². The average molecular weight is 312 g/mol. The first kappa shape index (κ1) is 15.7. The second-order valence-electron chi connectivity index (χ2n) is 4.64. The summed E-state index contributed by atoms with van der Waals surface area (Å²) in [4.78, 5) is 0. The van der Waals surface area contributed by atoms with E-state index >= 15 is 0 Å². The predicted molar refractivity (Wildman–Crippen MR) is 76.5 cm³/mol. The van der Waals surface area contributed by atoms with Crippen LogP contribution in [0.4, 0.5) is 4.39 Å². The molecule has 0 atom stereocenters. The molecule has 0 unspecified atom stereocenters. The van der Waals surface area contributed by atoms with Crippen molar-refractivity contribution in [3.05, 3.63) is 53.5 Å². The number of hydrogen-bond acceptors (Lipinski definition) is 4. The fraction of sp³-hybridized carbons (Fsp3) is 0.286. The largest absolute Gasteiger partial charge is 0.447 e. The number of nitrogens with zero attached hydrogens (tertiary/aromatic N) is 1. The van der Waals surface area contributed by atoms with Crippen LogP contribution in [0.1, 0.15) is 11.3 Å². The van der Waals surface area contributed by atoms with Gasteiger partial charge in [-0.3, -0.25) is 0 Å². The van der Waals surface area contributed by atoms with E-state index in [1.165, 1.54) is 29.6 Å². The number of rotatable bonds is 6. The van der Waals surface area contributed by atoms with Crippen molar-refractivity contribution in [2.75, 3.05) is 14.1 Å². The van der Waals surface area contributed by atoms with Crippen molar-refractivity contribution < 1.29 is 17.2 Å². The van der Waals surface area contributed by atoms with Crippen LogP contribution in [0.2, 0.25) is 0 Å². The Morgan fingerprint density at radius 1 is 1.19 bits per heavy atom. The summed E-state index contributed by atoms with van der Waals surface area (Å²) in [5.74, 6) is 0.193. The summed E-state index contributed by atoms with van der Waals surface area (Å²) in [6.07, 6.45) is 0. The van der Waals surface area contributed by atoms with E-state index in [9.17, 15) is 12.8 Å².